The molecular weight excluding hydrogens is 252 g/mol. The van der Waals surface area contributed by atoms with Gasteiger partial charge in [0.25, 0.3) is 0 Å². The molecule has 5 nitrogen and oxygen atoms in total. The highest BCUT2D eigenvalue weighted by molar-refractivity contribution is 7.89. The standard InChI is InChI=1S/C12H20N2O3S/c1-8-5-6-11(18(13,15)16)7-12(8)14-9(2)10(3)17-4/h5-7,9-10,14H,1-4H3,(H2,13,15,16). The molecule has 3 N–H and O–H groups in total. The van der Waals surface area contributed by atoms with Crippen LogP contribution < -0.4 is 10.5 Å². The first-order chi connectivity index (χ1) is 8.25. The first-order valence-corrected chi connectivity index (χ1v) is 7.23. The first-order valence-electron chi connectivity index (χ1n) is 5.68. The molecule has 1 rings (SSSR count). The molecule has 2 atom stereocenters. The molecule has 0 spiro atoms. The van der Waals surface area contributed by atoms with Crippen molar-refractivity contribution in [1.82, 2.24) is 0 Å². The van der Waals surface area contributed by atoms with Crippen molar-refractivity contribution < 1.29 is 13.2 Å². The van der Waals surface area contributed by atoms with E-state index >= 15 is 0 Å². The molecule has 1 aromatic carbocycles. The van der Waals surface area contributed by atoms with Crippen molar-refractivity contribution in [1.29, 1.82) is 0 Å². The van der Waals surface area contributed by atoms with Crippen molar-refractivity contribution in [3.05, 3.63) is 23.8 Å². The Balaban J connectivity index is 3.02. The van der Waals surface area contributed by atoms with E-state index in [0.29, 0.717) is 0 Å². The molecule has 0 aliphatic rings. The Hall–Kier alpha value is -1.11. The third kappa shape index (κ3) is 3.69. The molecule has 18 heavy (non-hydrogen) atoms. The molecule has 0 saturated carbocycles. The number of hydrogen-bond donors (Lipinski definition) is 2. The second-order valence-electron chi connectivity index (χ2n) is 4.40. The van der Waals surface area contributed by atoms with E-state index in [1.54, 1.807) is 19.2 Å². The van der Waals surface area contributed by atoms with Crippen LogP contribution in [-0.4, -0.2) is 27.7 Å². The number of primary sulfonamides is 1. The van der Waals surface area contributed by atoms with Gasteiger partial charge in [0.1, 0.15) is 0 Å². The maximum Gasteiger partial charge on any atom is 0.238 e. The van der Waals surface area contributed by atoms with E-state index in [1.165, 1.54) is 6.07 Å². The predicted octanol–water partition coefficient (Wildman–Crippen LogP) is 1.48. The zero-order chi connectivity index (χ0) is 13.9. The average Bonchev–Trinajstić information content (AvgIpc) is 2.29. The molecule has 0 heterocycles. The van der Waals surface area contributed by atoms with Gasteiger partial charge in [0, 0.05) is 18.8 Å². The van der Waals surface area contributed by atoms with Crippen LogP contribution in [0.5, 0.6) is 0 Å². The lowest BCUT2D eigenvalue weighted by Gasteiger charge is -2.22. The lowest BCUT2D eigenvalue weighted by atomic mass is 10.1. The lowest BCUT2D eigenvalue weighted by molar-refractivity contribution is 0.106. The van der Waals surface area contributed by atoms with Crippen molar-refractivity contribution in [2.75, 3.05) is 12.4 Å². The fraction of sp³-hybridized carbons (Fsp3) is 0.500. The molecule has 0 aliphatic heterocycles. The highest BCUT2D eigenvalue weighted by atomic mass is 32.2. The summed E-state index contributed by atoms with van der Waals surface area (Å²) in [6, 6.07) is 4.83. The topological polar surface area (TPSA) is 81.4 Å². The second-order valence-corrected chi connectivity index (χ2v) is 5.96. The van der Waals surface area contributed by atoms with Crippen molar-refractivity contribution in [3.63, 3.8) is 0 Å². The average molecular weight is 272 g/mol. The molecule has 0 amide bonds. The van der Waals surface area contributed by atoms with Crippen LogP contribution in [-0.2, 0) is 14.8 Å². The number of nitrogens with one attached hydrogen (secondary N) is 1. The number of sulfonamides is 1. The van der Waals surface area contributed by atoms with E-state index in [4.69, 9.17) is 9.88 Å². The van der Waals surface area contributed by atoms with Gasteiger partial charge in [-0.2, -0.15) is 0 Å². The molecule has 1 aromatic rings. The van der Waals surface area contributed by atoms with Gasteiger partial charge in [0.2, 0.25) is 10.0 Å². The molecule has 6 heteroatoms. The van der Waals surface area contributed by atoms with E-state index in [9.17, 15) is 8.42 Å². The van der Waals surface area contributed by atoms with Gasteiger partial charge in [-0.1, -0.05) is 6.07 Å². The van der Waals surface area contributed by atoms with E-state index < -0.39 is 10.0 Å². The van der Waals surface area contributed by atoms with Crippen LogP contribution in [0.25, 0.3) is 0 Å². The maximum atomic E-state index is 11.3. The van der Waals surface area contributed by atoms with E-state index in [-0.39, 0.29) is 17.0 Å². The molecule has 0 aromatic heterocycles. The Labute approximate surface area is 108 Å². The SMILES string of the molecule is COC(C)C(C)Nc1cc(S(N)(=O)=O)ccc1C. The predicted molar refractivity (Wildman–Crippen MR) is 72.1 cm³/mol. The summed E-state index contributed by atoms with van der Waals surface area (Å²) < 4.78 is 27.8. The highest BCUT2D eigenvalue weighted by Crippen LogP contribution is 2.21. The zero-order valence-electron chi connectivity index (χ0n) is 11.1. The van der Waals surface area contributed by atoms with Crippen LogP contribution in [0.15, 0.2) is 23.1 Å². The molecule has 0 aliphatic carbocycles. The minimum Gasteiger partial charge on any atom is -0.380 e. The summed E-state index contributed by atoms with van der Waals surface area (Å²) in [7, 11) is -2.04. The normalized spacial score (nSPS) is 15.2. The first kappa shape index (κ1) is 14.9. The summed E-state index contributed by atoms with van der Waals surface area (Å²) in [4.78, 5) is 0.105. The number of ether oxygens (including phenoxy) is 1. The van der Waals surface area contributed by atoms with E-state index in [0.717, 1.165) is 11.3 Å². The van der Waals surface area contributed by atoms with Gasteiger partial charge in [0.05, 0.1) is 11.0 Å². The third-order valence-corrected chi connectivity index (χ3v) is 3.91. The Morgan fingerprint density at radius 1 is 1.33 bits per heavy atom. The summed E-state index contributed by atoms with van der Waals surface area (Å²) in [5.41, 5.74) is 1.70. The molecule has 0 radical (unpaired) electrons. The summed E-state index contributed by atoms with van der Waals surface area (Å²) in [6.07, 6.45) is 0.0162. The second kappa shape index (κ2) is 5.69. The van der Waals surface area contributed by atoms with Gasteiger partial charge >= 0.3 is 0 Å². The van der Waals surface area contributed by atoms with Crippen LogP contribution in [0.3, 0.4) is 0 Å². The van der Waals surface area contributed by atoms with Gasteiger partial charge in [-0.05, 0) is 38.5 Å². The van der Waals surface area contributed by atoms with Crippen LogP contribution in [0.4, 0.5) is 5.69 Å². The van der Waals surface area contributed by atoms with Crippen LogP contribution in [0, 0.1) is 6.92 Å². The van der Waals surface area contributed by atoms with Crippen molar-refractivity contribution in [2.24, 2.45) is 5.14 Å². The number of anilines is 1. The molecular formula is C12H20N2O3S. The van der Waals surface area contributed by atoms with Gasteiger partial charge in [-0.25, -0.2) is 13.6 Å². The fourth-order valence-corrected chi connectivity index (χ4v) is 2.04. The molecule has 0 bridgehead atoms. The lowest BCUT2D eigenvalue weighted by Crippen LogP contribution is -2.30. The maximum absolute atomic E-state index is 11.3. The number of hydrogen-bond acceptors (Lipinski definition) is 4. The molecule has 0 saturated heterocycles. The Morgan fingerprint density at radius 3 is 2.44 bits per heavy atom. The monoisotopic (exact) mass is 272 g/mol. The van der Waals surface area contributed by atoms with Crippen LogP contribution >= 0.6 is 0 Å². The fourth-order valence-electron chi connectivity index (χ4n) is 1.50. The minimum atomic E-state index is -3.67. The third-order valence-electron chi connectivity index (χ3n) is 3.00. The van der Waals surface area contributed by atoms with Crippen molar-refractivity contribution >= 4 is 15.7 Å². The largest absolute Gasteiger partial charge is 0.380 e. The summed E-state index contributed by atoms with van der Waals surface area (Å²) >= 11 is 0. The Kier molecular flexibility index (Phi) is 4.72. The summed E-state index contributed by atoms with van der Waals surface area (Å²) in [5.74, 6) is 0. The van der Waals surface area contributed by atoms with E-state index in [2.05, 4.69) is 5.32 Å². The van der Waals surface area contributed by atoms with Gasteiger partial charge in [0.15, 0.2) is 0 Å². The smallest absolute Gasteiger partial charge is 0.238 e. The number of methoxy groups -OCH3 is 1. The summed E-state index contributed by atoms with van der Waals surface area (Å²) in [6.45, 7) is 5.81. The van der Waals surface area contributed by atoms with Crippen LogP contribution in [0.2, 0.25) is 0 Å². The van der Waals surface area contributed by atoms with E-state index in [1.807, 2.05) is 20.8 Å². The van der Waals surface area contributed by atoms with Crippen molar-refractivity contribution in [3.8, 4) is 0 Å². The highest BCUT2D eigenvalue weighted by Gasteiger charge is 2.14. The number of rotatable bonds is 5. The molecule has 0 fully saturated rings. The quantitative estimate of drug-likeness (QED) is 0.850. The van der Waals surface area contributed by atoms with Crippen LogP contribution in [0.1, 0.15) is 19.4 Å². The number of benzene rings is 1. The van der Waals surface area contributed by atoms with Gasteiger partial charge in [-0.15, -0.1) is 0 Å². The van der Waals surface area contributed by atoms with Gasteiger partial charge in [-0.3, -0.25) is 0 Å². The molecule has 102 valence electrons. The Bertz CT molecular complexity index is 514. The summed E-state index contributed by atoms with van der Waals surface area (Å²) in [5, 5.41) is 8.34. The van der Waals surface area contributed by atoms with Crippen molar-refractivity contribution in [2.45, 2.75) is 37.8 Å². The molecule has 2 unspecified atom stereocenters. The Morgan fingerprint density at radius 2 is 1.94 bits per heavy atom. The van der Waals surface area contributed by atoms with Gasteiger partial charge < -0.3 is 10.1 Å². The number of nitrogens with two attached hydrogens (primary N) is 1. The number of aryl methyl sites for hydroxylation is 1. The minimum absolute atomic E-state index is 0.0162. The zero-order valence-corrected chi connectivity index (χ0v) is 11.9.